The number of fused-ring (bicyclic) bond motifs is 1. The highest BCUT2D eigenvalue weighted by Gasteiger charge is 2.34. The van der Waals surface area contributed by atoms with Gasteiger partial charge in [-0.05, 0) is 132 Å². The highest BCUT2D eigenvalue weighted by molar-refractivity contribution is 6.14. The molecule has 0 bridgehead atoms. The first-order valence-corrected chi connectivity index (χ1v) is 18.4. The van der Waals surface area contributed by atoms with Crippen molar-refractivity contribution >= 4 is 52.3 Å². The van der Waals surface area contributed by atoms with Crippen LogP contribution in [-0.2, 0) is 32.0 Å². The third kappa shape index (κ3) is 16.7. The van der Waals surface area contributed by atoms with Crippen molar-refractivity contribution in [1.82, 2.24) is 4.98 Å². The summed E-state index contributed by atoms with van der Waals surface area (Å²) in [6.45, 7) is 19.2. The molecule has 1 heterocycles. The molecule has 0 saturated heterocycles. The number of pyridine rings is 1. The van der Waals surface area contributed by atoms with Crippen molar-refractivity contribution < 1.29 is 33.8 Å². The zero-order chi connectivity index (χ0) is 41.8. The largest absolute Gasteiger partial charge is 0.443 e. The number of ether oxygens (including phenoxy) is 2. The molecule has 4 aromatic rings. The van der Waals surface area contributed by atoms with Gasteiger partial charge in [0.25, 0.3) is 0 Å². The van der Waals surface area contributed by atoms with Crippen molar-refractivity contribution in [1.29, 1.82) is 0 Å². The number of nitrogens with zero attached hydrogens (tertiary/aromatic N) is 2. The summed E-state index contributed by atoms with van der Waals surface area (Å²) >= 11 is 0. The molecule has 4 rings (SSSR count). The van der Waals surface area contributed by atoms with Gasteiger partial charge in [0.2, 0.25) is 5.91 Å². The highest BCUT2D eigenvalue weighted by Crippen LogP contribution is 2.29. The van der Waals surface area contributed by atoms with E-state index in [1.807, 2.05) is 38.1 Å². The molecule has 12 heteroatoms. The number of nitrogens with one attached hydrogen (secondary N) is 2. The first-order chi connectivity index (χ1) is 26.0. The number of rotatable bonds is 10. The summed E-state index contributed by atoms with van der Waals surface area (Å²) in [7, 11) is 1.00. The summed E-state index contributed by atoms with van der Waals surface area (Å²) in [5, 5.41) is 14.2. The number of carbonyl (C=O) groups excluding carboxylic acids is 4. The van der Waals surface area contributed by atoms with Gasteiger partial charge in [0.05, 0.1) is 6.54 Å². The van der Waals surface area contributed by atoms with Gasteiger partial charge in [0.1, 0.15) is 17.5 Å². The quantitative estimate of drug-likeness (QED) is 0.114. The van der Waals surface area contributed by atoms with Crippen LogP contribution in [0.5, 0.6) is 0 Å². The summed E-state index contributed by atoms with van der Waals surface area (Å²) in [6.07, 6.45) is 2.81. The molecule has 12 nitrogen and oxygen atoms in total. The van der Waals surface area contributed by atoms with Gasteiger partial charge in [-0.1, -0.05) is 44.2 Å². The lowest BCUT2D eigenvalue weighted by Crippen LogP contribution is -2.44. The molecule has 55 heavy (non-hydrogen) atoms. The molecule has 0 unspecified atom stereocenters. The van der Waals surface area contributed by atoms with Gasteiger partial charge < -0.3 is 35.7 Å². The number of aldehydes is 1. The fourth-order valence-corrected chi connectivity index (χ4v) is 5.14. The molecule has 0 aliphatic heterocycles. The topological polar surface area (TPSA) is 173 Å². The van der Waals surface area contributed by atoms with E-state index in [4.69, 9.17) is 20.3 Å². The molecule has 300 valence electrons. The smallest absolute Gasteiger partial charge is 0.425 e. The fourth-order valence-electron chi connectivity index (χ4n) is 5.14. The van der Waals surface area contributed by atoms with E-state index in [-0.39, 0.29) is 18.3 Å². The number of hydrogen-bond donors (Lipinski definition) is 4. The van der Waals surface area contributed by atoms with Crippen molar-refractivity contribution in [2.75, 3.05) is 29.2 Å². The monoisotopic (exact) mass is 759 g/mol. The third-order valence-corrected chi connectivity index (χ3v) is 7.42. The van der Waals surface area contributed by atoms with Gasteiger partial charge in [0, 0.05) is 43.0 Å². The van der Waals surface area contributed by atoms with Crippen molar-refractivity contribution in [3.63, 3.8) is 0 Å². The lowest BCUT2D eigenvalue weighted by atomic mass is 9.98. The predicted octanol–water partition coefficient (Wildman–Crippen LogP) is 8.88. The van der Waals surface area contributed by atoms with Crippen LogP contribution in [0.25, 0.3) is 10.8 Å². The number of nitrogens with two attached hydrogens (primary N) is 1. The van der Waals surface area contributed by atoms with Crippen molar-refractivity contribution in [3.05, 3.63) is 95.2 Å². The minimum Gasteiger partial charge on any atom is -0.443 e. The van der Waals surface area contributed by atoms with Crippen LogP contribution < -0.4 is 21.3 Å². The van der Waals surface area contributed by atoms with E-state index in [2.05, 4.69) is 47.7 Å². The van der Waals surface area contributed by atoms with E-state index in [9.17, 15) is 19.2 Å². The number of hydrogen-bond acceptors (Lipinski definition) is 10. The fraction of sp³-hybridized carbons (Fsp3) is 0.419. The lowest BCUT2D eigenvalue weighted by molar-refractivity contribution is -0.116. The Hall–Kier alpha value is -5.33. The Balaban J connectivity index is 0.000000519. The maximum atomic E-state index is 12.9. The first-order valence-electron chi connectivity index (χ1n) is 18.4. The van der Waals surface area contributed by atoms with Gasteiger partial charge in [-0.25, -0.2) is 14.6 Å². The van der Waals surface area contributed by atoms with E-state index in [0.717, 1.165) is 53.5 Å². The van der Waals surface area contributed by atoms with Crippen molar-refractivity contribution in [3.8, 4) is 0 Å². The SMILES string of the molecule is CC.CC(C)(C)OC(=O)N(C(=O)OC(C)(C)C)c1nccc2cc(NCC=O)ccc12.CO.Cc1cccc(C)c1CCCC(=O)Nc1cccc(CN)c1. The Morgan fingerprint density at radius 2 is 1.42 bits per heavy atom. The van der Waals surface area contributed by atoms with Gasteiger partial charge in [-0.2, -0.15) is 4.90 Å². The normalized spacial score (nSPS) is 10.6. The molecule has 3 aromatic carbocycles. The van der Waals surface area contributed by atoms with Crippen LogP contribution >= 0.6 is 0 Å². The standard InChI is InChI=1S/C21H27N3O5.C19H24N2O.C2H6.CH4O/c1-20(2,3)28-18(26)24(19(27)29-21(4,5)6)17-16-8-7-15(22-11-12-25)13-14(16)9-10-23-17;1-14-6-3-7-15(2)18(14)10-5-11-19(22)21-17-9-4-8-16(12-17)13-20;2*1-2/h7-10,12-13,22H,11H2,1-6H3;3-4,6-9,12H,5,10-11,13,20H2,1-2H3,(H,21,22);1-2H3;2H,1H3. The number of aliphatic hydroxyl groups excluding tert-OH is 1. The van der Waals surface area contributed by atoms with E-state index in [1.54, 1.807) is 65.8 Å². The molecule has 5 N–H and O–H groups in total. The number of carbonyl (C=O) groups is 4. The summed E-state index contributed by atoms with van der Waals surface area (Å²) in [5.74, 6) is 0.161. The average molecular weight is 760 g/mol. The van der Waals surface area contributed by atoms with E-state index in [1.165, 1.54) is 22.9 Å². The Bertz CT molecular complexity index is 1780. The Kier molecular flexibility index (Phi) is 20.3. The molecule has 0 aliphatic carbocycles. The van der Waals surface area contributed by atoms with E-state index in [0.29, 0.717) is 18.4 Å². The number of anilines is 3. The maximum Gasteiger partial charge on any atom is 0.425 e. The lowest BCUT2D eigenvalue weighted by Gasteiger charge is -2.28. The summed E-state index contributed by atoms with van der Waals surface area (Å²) in [6, 6.07) is 21.0. The minimum atomic E-state index is -0.880. The molecular formula is C43H61N5O7. The van der Waals surface area contributed by atoms with Crippen LogP contribution in [0.3, 0.4) is 0 Å². The number of amides is 3. The summed E-state index contributed by atoms with van der Waals surface area (Å²) < 4.78 is 10.8. The van der Waals surface area contributed by atoms with Crippen LogP contribution in [0.1, 0.15) is 90.5 Å². The van der Waals surface area contributed by atoms with Gasteiger partial charge in [-0.15, -0.1) is 0 Å². The van der Waals surface area contributed by atoms with Crippen molar-refractivity contribution in [2.24, 2.45) is 5.73 Å². The van der Waals surface area contributed by atoms with Crippen LogP contribution in [0.4, 0.5) is 26.8 Å². The summed E-state index contributed by atoms with van der Waals surface area (Å²) in [5.41, 5.74) is 10.5. The second-order valence-corrected chi connectivity index (χ2v) is 14.1. The first kappa shape index (κ1) is 47.7. The second kappa shape index (κ2) is 23.5. The third-order valence-electron chi connectivity index (χ3n) is 7.42. The van der Waals surface area contributed by atoms with Crippen LogP contribution in [-0.4, -0.2) is 59.3 Å². The maximum absolute atomic E-state index is 12.9. The van der Waals surface area contributed by atoms with E-state index >= 15 is 0 Å². The van der Waals surface area contributed by atoms with Crippen LogP contribution in [0.15, 0.2) is 72.9 Å². The molecular weight excluding hydrogens is 699 g/mol. The Morgan fingerprint density at radius 1 is 0.836 bits per heavy atom. The number of aromatic nitrogens is 1. The predicted molar refractivity (Wildman–Crippen MR) is 223 cm³/mol. The number of benzene rings is 3. The van der Waals surface area contributed by atoms with Crippen LogP contribution in [0.2, 0.25) is 0 Å². The second-order valence-electron chi connectivity index (χ2n) is 14.1. The molecule has 0 aliphatic rings. The Morgan fingerprint density at radius 3 is 1.96 bits per heavy atom. The molecule has 0 radical (unpaired) electrons. The van der Waals surface area contributed by atoms with Gasteiger partial charge >= 0.3 is 12.2 Å². The van der Waals surface area contributed by atoms with Crippen LogP contribution in [0, 0.1) is 13.8 Å². The Labute approximate surface area is 326 Å². The minimum absolute atomic E-state index is 0.0559. The number of imide groups is 1. The number of aliphatic hydroxyl groups is 1. The number of aryl methyl sites for hydroxylation is 2. The molecule has 0 saturated carbocycles. The zero-order valence-electron chi connectivity index (χ0n) is 34.4. The molecule has 0 atom stereocenters. The average Bonchev–Trinajstić information content (AvgIpc) is 3.12. The van der Waals surface area contributed by atoms with Gasteiger partial charge in [0.15, 0.2) is 5.82 Å². The zero-order valence-corrected chi connectivity index (χ0v) is 34.4. The van der Waals surface area contributed by atoms with Crippen molar-refractivity contribution in [2.45, 2.75) is 106 Å². The highest BCUT2D eigenvalue weighted by atomic mass is 16.6. The molecule has 1 aromatic heterocycles. The molecule has 3 amide bonds. The molecule has 0 spiro atoms. The van der Waals surface area contributed by atoms with Gasteiger partial charge in [-0.3, -0.25) is 4.79 Å². The summed E-state index contributed by atoms with van der Waals surface area (Å²) in [4.78, 5) is 53.4. The molecule has 0 fully saturated rings. The van der Waals surface area contributed by atoms with E-state index < -0.39 is 23.4 Å².